The fraction of sp³-hybridized carbons (Fsp3) is 0.441. The fourth-order valence-electron chi connectivity index (χ4n) is 4.52. The van der Waals surface area contributed by atoms with E-state index in [2.05, 4.69) is 43.0 Å². The van der Waals surface area contributed by atoms with Crippen LogP contribution in [0.4, 0.5) is 5.69 Å². The Balaban J connectivity index is 1.41. The van der Waals surface area contributed by atoms with E-state index in [0.29, 0.717) is 37.7 Å². The van der Waals surface area contributed by atoms with Gasteiger partial charge in [-0.25, -0.2) is 10.3 Å². The van der Waals surface area contributed by atoms with Gasteiger partial charge in [0.2, 0.25) is 0 Å². The Hall–Kier alpha value is -3.63. The van der Waals surface area contributed by atoms with Gasteiger partial charge in [0.15, 0.2) is 0 Å². The van der Waals surface area contributed by atoms with Crippen LogP contribution in [0.15, 0.2) is 78.9 Å². The Labute approximate surface area is 256 Å². The molecule has 0 amide bonds. The topological polar surface area (TPSA) is 98.5 Å². The molecule has 0 aliphatic rings. The summed E-state index contributed by atoms with van der Waals surface area (Å²) in [5.74, 6) is 0.909. The molecule has 0 aliphatic heterocycles. The molecule has 3 rings (SSSR count). The molecule has 43 heavy (non-hydrogen) atoms. The van der Waals surface area contributed by atoms with Crippen LogP contribution >= 0.6 is 0 Å². The second kappa shape index (κ2) is 18.8. The summed E-state index contributed by atoms with van der Waals surface area (Å²) in [6.45, 7) is 14.8. The average Bonchev–Trinajstić information content (AvgIpc) is 3.05. The first-order valence-electron chi connectivity index (χ1n) is 15.2. The predicted octanol–water partition coefficient (Wildman–Crippen LogP) is 5.11. The van der Waals surface area contributed by atoms with Gasteiger partial charge in [-0.2, -0.15) is 0 Å². The Bertz CT molecular complexity index is 1170. The molecule has 234 valence electrons. The third-order valence-corrected chi connectivity index (χ3v) is 7.28. The number of anilines is 1. The quantitative estimate of drug-likeness (QED) is 0.137. The van der Waals surface area contributed by atoms with Crippen molar-refractivity contribution in [1.29, 1.82) is 0 Å². The van der Waals surface area contributed by atoms with Crippen LogP contribution in [-0.4, -0.2) is 74.0 Å². The van der Waals surface area contributed by atoms with Crippen molar-refractivity contribution in [3.63, 3.8) is 0 Å². The summed E-state index contributed by atoms with van der Waals surface area (Å²) in [5.41, 5.74) is 11.4. The Morgan fingerprint density at radius 1 is 0.791 bits per heavy atom. The number of nitrogens with zero attached hydrogens (tertiary/aromatic N) is 2. The van der Waals surface area contributed by atoms with Crippen molar-refractivity contribution >= 4 is 11.7 Å². The molecule has 0 spiro atoms. The highest BCUT2D eigenvalue weighted by molar-refractivity contribution is 5.76. The summed E-state index contributed by atoms with van der Waals surface area (Å²) in [6.07, 6.45) is 0.209. The Kier molecular flexibility index (Phi) is 14.8. The summed E-state index contributed by atoms with van der Waals surface area (Å²) < 4.78 is 18.1. The molecule has 1 unspecified atom stereocenters. The van der Waals surface area contributed by atoms with Crippen molar-refractivity contribution in [1.82, 2.24) is 9.80 Å². The van der Waals surface area contributed by atoms with Gasteiger partial charge >= 0.3 is 5.97 Å². The third kappa shape index (κ3) is 11.9. The SMILES string of the molecule is CCN(CC)CCOC(COc1ccc(NOC(=O)[C@H](N)Cc2ccc(OCc3ccccc3)cc2)cc1)N(CC)CC. The molecule has 0 fully saturated rings. The fourth-order valence-corrected chi connectivity index (χ4v) is 4.52. The van der Waals surface area contributed by atoms with Gasteiger partial charge in [-0.15, -0.1) is 0 Å². The molecule has 0 heterocycles. The first-order chi connectivity index (χ1) is 20.9. The van der Waals surface area contributed by atoms with Crippen molar-refractivity contribution in [3.05, 3.63) is 90.0 Å². The molecular weight excluding hydrogens is 544 g/mol. The van der Waals surface area contributed by atoms with Crippen LogP contribution in [0.2, 0.25) is 0 Å². The minimum atomic E-state index is -0.815. The molecule has 0 aliphatic carbocycles. The van der Waals surface area contributed by atoms with Crippen LogP contribution in [0, 0.1) is 0 Å². The van der Waals surface area contributed by atoms with Crippen LogP contribution in [0.3, 0.4) is 0 Å². The second-order valence-electron chi connectivity index (χ2n) is 10.2. The Morgan fingerprint density at radius 2 is 1.42 bits per heavy atom. The summed E-state index contributed by atoms with van der Waals surface area (Å²) in [7, 11) is 0. The molecule has 0 bridgehead atoms. The molecule has 0 saturated carbocycles. The van der Waals surface area contributed by atoms with E-state index in [0.717, 1.165) is 49.6 Å². The average molecular weight is 593 g/mol. The largest absolute Gasteiger partial charge is 0.489 e. The van der Waals surface area contributed by atoms with Gasteiger partial charge < -0.3 is 29.7 Å². The Morgan fingerprint density at radius 3 is 2.05 bits per heavy atom. The highest BCUT2D eigenvalue weighted by Crippen LogP contribution is 2.18. The molecule has 2 atom stereocenters. The van der Waals surface area contributed by atoms with Crippen molar-refractivity contribution in [2.24, 2.45) is 5.73 Å². The first kappa shape index (κ1) is 33.9. The van der Waals surface area contributed by atoms with Crippen molar-refractivity contribution in [2.75, 3.05) is 51.4 Å². The number of ether oxygens (including phenoxy) is 3. The number of carbonyl (C=O) groups excluding carboxylic acids is 1. The van der Waals surface area contributed by atoms with E-state index in [1.807, 2.05) is 66.7 Å². The molecule has 0 saturated heterocycles. The number of hydrogen-bond donors (Lipinski definition) is 2. The molecule has 3 aromatic carbocycles. The number of carbonyl (C=O) groups is 1. The van der Waals surface area contributed by atoms with E-state index >= 15 is 0 Å². The van der Waals surface area contributed by atoms with E-state index < -0.39 is 12.0 Å². The van der Waals surface area contributed by atoms with Gasteiger partial charge in [-0.05, 0) is 80.1 Å². The van der Waals surface area contributed by atoms with E-state index in [4.69, 9.17) is 24.8 Å². The zero-order valence-electron chi connectivity index (χ0n) is 26.0. The molecular formula is C34H48N4O5. The molecule has 9 nitrogen and oxygen atoms in total. The van der Waals surface area contributed by atoms with E-state index in [-0.39, 0.29) is 6.23 Å². The third-order valence-electron chi connectivity index (χ3n) is 7.28. The normalized spacial score (nSPS) is 12.6. The number of rotatable bonds is 20. The van der Waals surface area contributed by atoms with Crippen molar-refractivity contribution in [2.45, 2.75) is 53.0 Å². The smallest absolute Gasteiger partial charge is 0.348 e. The van der Waals surface area contributed by atoms with Crippen LogP contribution in [-0.2, 0) is 27.4 Å². The van der Waals surface area contributed by atoms with Crippen LogP contribution in [0.25, 0.3) is 0 Å². The summed E-state index contributed by atoms with van der Waals surface area (Å²) in [5, 5.41) is 0. The summed E-state index contributed by atoms with van der Waals surface area (Å²) >= 11 is 0. The van der Waals surface area contributed by atoms with Gasteiger partial charge in [0.1, 0.15) is 37.0 Å². The van der Waals surface area contributed by atoms with Crippen LogP contribution in [0.1, 0.15) is 38.8 Å². The second-order valence-corrected chi connectivity index (χ2v) is 10.2. The highest BCUT2D eigenvalue weighted by atomic mass is 16.7. The lowest BCUT2D eigenvalue weighted by molar-refractivity contribution is -0.142. The molecule has 3 aromatic rings. The lowest BCUT2D eigenvalue weighted by atomic mass is 10.1. The van der Waals surface area contributed by atoms with Gasteiger partial charge in [0, 0.05) is 6.54 Å². The van der Waals surface area contributed by atoms with Crippen LogP contribution < -0.4 is 20.7 Å². The summed E-state index contributed by atoms with van der Waals surface area (Å²) in [6, 6.07) is 23.9. The first-order valence-corrected chi connectivity index (χ1v) is 15.2. The maximum absolute atomic E-state index is 12.5. The van der Waals surface area contributed by atoms with Gasteiger partial charge in [0.05, 0.1) is 12.3 Å². The maximum Gasteiger partial charge on any atom is 0.348 e. The molecule has 9 heteroatoms. The standard InChI is InChI=1S/C34H48N4O5/c1-5-37(6-2)22-23-40-33(38(7-3)8-4)26-42-31-20-16-29(17-21-31)36-43-34(39)32(35)24-27-14-18-30(19-15-27)41-25-28-12-10-9-11-13-28/h9-21,32-33,36H,5-8,22-26,35H2,1-4H3/t32-,33?/m1/s1. The van der Waals surface area contributed by atoms with Gasteiger partial charge in [0.25, 0.3) is 0 Å². The van der Waals surface area contributed by atoms with E-state index in [1.165, 1.54) is 0 Å². The number of benzene rings is 3. The van der Waals surface area contributed by atoms with Crippen molar-refractivity contribution < 1.29 is 23.8 Å². The highest BCUT2D eigenvalue weighted by Gasteiger charge is 2.18. The lowest BCUT2D eigenvalue weighted by Crippen LogP contribution is -2.42. The number of nitrogens with two attached hydrogens (primary N) is 1. The van der Waals surface area contributed by atoms with Crippen LogP contribution in [0.5, 0.6) is 11.5 Å². The number of hydrogen-bond acceptors (Lipinski definition) is 9. The monoisotopic (exact) mass is 592 g/mol. The zero-order chi connectivity index (χ0) is 30.9. The number of nitrogens with one attached hydrogen (secondary N) is 1. The van der Waals surface area contributed by atoms with E-state index in [9.17, 15) is 4.79 Å². The molecule has 3 N–H and O–H groups in total. The molecule has 0 aromatic heterocycles. The number of likely N-dealkylation sites (N-methyl/N-ethyl adjacent to an activating group) is 2. The molecule has 0 radical (unpaired) electrons. The van der Waals surface area contributed by atoms with E-state index in [1.54, 1.807) is 12.1 Å². The minimum Gasteiger partial charge on any atom is -0.489 e. The van der Waals surface area contributed by atoms with Gasteiger partial charge in [-0.1, -0.05) is 70.2 Å². The predicted molar refractivity (Wildman–Crippen MR) is 171 cm³/mol. The van der Waals surface area contributed by atoms with Crippen molar-refractivity contribution in [3.8, 4) is 11.5 Å². The zero-order valence-corrected chi connectivity index (χ0v) is 26.0. The summed E-state index contributed by atoms with van der Waals surface area (Å²) in [4.78, 5) is 22.3. The van der Waals surface area contributed by atoms with Gasteiger partial charge in [-0.3, -0.25) is 4.90 Å². The minimum absolute atomic E-state index is 0.135. The maximum atomic E-state index is 12.5. The lowest BCUT2D eigenvalue weighted by Gasteiger charge is -2.30.